The van der Waals surface area contributed by atoms with E-state index in [2.05, 4.69) is 29.4 Å². The lowest BCUT2D eigenvalue weighted by molar-refractivity contribution is 0.300. The van der Waals surface area contributed by atoms with Crippen LogP contribution in [0, 0.1) is 6.92 Å². The Hall–Kier alpha value is -2.29. The van der Waals surface area contributed by atoms with Gasteiger partial charge >= 0.3 is 0 Å². The molecule has 3 rings (SSSR count). The average molecular weight is 252 g/mol. The van der Waals surface area contributed by atoms with Crippen LogP contribution < -0.4 is 4.74 Å². The van der Waals surface area contributed by atoms with Crippen LogP contribution in [0.15, 0.2) is 48.5 Å². The van der Waals surface area contributed by atoms with E-state index in [1.807, 2.05) is 42.9 Å². The summed E-state index contributed by atoms with van der Waals surface area (Å²) in [5.41, 5.74) is 2.09. The molecule has 0 aliphatic rings. The summed E-state index contributed by atoms with van der Waals surface area (Å²) in [7, 11) is 1.94. The fraction of sp³-hybridized carbons (Fsp3) is 0.188. The largest absolute Gasteiger partial charge is 0.487 e. The minimum Gasteiger partial charge on any atom is -0.487 e. The average Bonchev–Trinajstić information content (AvgIpc) is 2.75. The van der Waals surface area contributed by atoms with E-state index in [0.29, 0.717) is 6.61 Å². The topological polar surface area (TPSA) is 27.1 Å². The second-order valence-corrected chi connectivity index (χ2v) is 4.70. The van der Waals surface area contributed by atoms with E-state index in [1.54, 1.807) is 0 Å². The summed E-state index contributed by atoms with van der Waals surface area (Å²) in [5.74, 6) is 0.877. The Labute approximate surface area is 112 Å². The normalized spacial score (nSPS) is 10.8. The van der Waals surface area contributed by atoms with Gasteiger partial charge in [-0.3, -0.25) is 4.68 Å². The number of aromatic nitrogens is 2. The fourth-order valence-corrected chi connectivity index (χ4v) is 2.12. The molecular formula is C16H16N2O. The number of rotatable bonds is 3. The molecule has 0 N–H and O–H groups in total. The lowest BCUT2D eigenvalue weighted by Crippen LogP contribution is -1.98. The maximum atomic E-state index is 5.79. The molecule has 0 radical (unpaired) electrons. The van der Waals surface area contributed by atoms with Gasteiger partial charge in [-0.2, -0.15) is 5.10 Å². The van der Waals surface area contributed by atoms with Crippen molar-refractivity contribution in [3.8, 4) is 5.75 Å². The van der Waals surface area contributed by atoms with Gasteiger partial charge in [0.1, 0.15) is 18.1 Å². The molecule has 3 aromatic rings. The van der Waals surface area contributed by atoms with Crippen LogP contribution in [-0.4, -0.2) is 9.78 Å². The molecule has 0 bridgehead atoms. The molecule has 3 nitrogen and oxygen atoms in total. The highest BCUT2D eigenvalue weighted by molar-refractivity contribution is 5.83. The molecule has 0 fully saturated rings. The molecule has 0 aliphatic heterocycles. The third-order valence-electron chi connectivity index (χ3n) is 3.27. The summed E-state index contributed by atoms with van der Waals surface area (Å²) < 4.78 is 7.65. The van der Waals surface area contributed by atoms with E-state index in [-0.39, 0.29) is 0 Å². The van der Waals surface area contributed by atoms with Gasteiger partial charge in [0.05, 0.1) is 0 Å². The molecule has 96 valence electrons. The number of fused-ring (bicyclic) bond motifs is 1. The first-order chi connectivity index (χ1) is 9.22. The van der Waals surface area contributed by atoms with Crippen LogP contribution in [0.25, 0.3) is 10.8 Å². The molecule has 1 heterocycles. The maximum absolute atomic E-state index is 5.79. The number of ether oxygens (including phenoxy) is 1. The van der Waals surface area contributed by atoms with E-state index in [4.69, 9.17) is 4.74 Å². The lowest BCUT2D eigenvalue weighted by atomic mass is 10.1. The molecule has 0 aliphatic carbocycles. The molecule has 2 aromatic carbocycles. The third-order valence-corrected chi connectivity index (χ3v) is 3.27. The van der Waals surface area contributed by atoms with Crippen molar-refractivity contribution in [3.63, 3.8) is 0 Å². The number of hydrogen-bond acceptors (Lipinski definition) is 2. The van der Waals surface area contributed by atoms with Crippen molar-refractivity contribution in [2.75, 3.05) is 0 Å². The van der Waals surface area contributed by atoms with Crippen LogP contribution in [0.3, 0.4) is 0 Å². The van der Waals surface area contributed by atoms with E-state index in [9.17, 15) is 0 Å². The van der Waals surface area contributed by atoms with Crippen molar-refractivity contribution in [1.29, 1.82) is 0 Å². The van der Waals surface area contributed by atoms with Gasteiger partial charge in [-0.05, 0) is 35.9 Å². The Morgan fingerprint density at radius 1 is 1.05 bits per heavy atom. The first-order valence-electron chi connectivity index (χ1n) is 6.33. The Morgan fingerprint density at radius 3 is 2.58 bits per heavy atom. The molecule has 19 heavy (non-hydrogen) atoms. The van der Waals surface area contributed by atoms with Crippen molar-refractivity contribution in [2.45, 2.75) is 13.5 Å². The van der Waals surface area contributed by atoms with E-state index in [0.717, 1.165) is 17.1 Å². The van der Waals surface area contributed by atoms with E-state index >= 15 is 0 Å². The summed E-state index contributed by atoms with van der Waals surface area (Å²) in [6, 6.07) is 16.4. The van der Waals surface area contributed by atoms with Gasteiger partial charge in [0.25, 0.3) is 0 Å². The van der Waals surface area contributed by atoms with Crippen molar-refractivity contribution in [2.24, 2.45) is 7.05 Å². The standard InChI is InChI=1S/C16H16N2O/c1-12-9-15(17-18(12)2)11-19-16-8-7-13-5-3-4-6-14(13)10-16/h3-10H,11H2,1-2H3. The first-order valence-corrected chi connectivity index (χ1v) is 6.33. The molecule has 0 saturated carbocycles. The Bertz CT molecular complexity index is 696. The minimum atomic E-state index is 0.500. The van der Waals surface area contributed by atoms with Gasteiger partial charge in [0, 0.05) is 12.7 Å². The summed E-state index contributed by atoms with van der Waals surface area (Å²) in [5, 5.41) is 6.80. The highest BCUT2D eigenvalue weighted by Gasteiger charge is 2.02. The van der Waals surface area contributed by atoms with Crippen LogP contribution in [0.5, 0.6) is 5.75 Å². The van der Waals surface area contributed by atoms with Gasteiger partial charge in [-0.15, -0.1) is 0 Å². The van der Waals surface area contributed by atoms with Crippen molar-refractivity contribution in [3.05, 3.63) is 59.9 Å². The zero-order valence-electron chi connectivity index (χ0n) is 11.1. The smallest absolute Gasteiger partial charge is 0.132 e. The number of benzene rings is 2. The number of hydrogen-bond donors (Lipinski definition) is 0. The molecule has 0 atom stereocenters. The predicted molar refractivity (Wildman–Crippen MR) is 76.2 cm³/mol. The molecule has 0 spiro atoms. The third kappa shape index (κ3) is 2.45. The van der Waals surface area contributed by atoms with Gasteiger partial charge in [0.15, 0.2) is 0 Å². The second-order valence-electron chi connectivity index (χ2n) is 4.70. The second kappa shape index (κ2) is 4.76. The first kappa shape index (κ1) is 11.8. The monoisotopic (exact) mass is 252 g/mol. The van der Waals surface area contributed by atoms with Crippen LogP contribution in [0.1, 0.15) is 11.4 Å². The van der Waals surface area contributed by atoms with Crippen LogP contribution >= 0.6 is 0 Å². The molecule has 0 amide bonds. The van der Waals surface area contributed by atoms with Crippen LogP contribution in [0.4, 0.5) is 0 Å². The summed E-state index contributed by atoms with van der Waals surface area (Å²) in [4.78, 5) is 0. The van der Waals surface area contributed by atoms with Crippen molar-refractivity contribution in [1.82, 2.24) is 9.78 Å². The van der Waals surface area contributed by atoms with Gasteiger partial charge in [0.2, 0.25) is 0 Å². The Kier molecular flexibility index (Phi) is 2.95. The van der Waals surface area contributed by atoms with Crippen LogP contribution in [0.2, 0.25) is 0 Å². The zero-order chi connectivity index (χ0) is 13.2. The van der Waals surface area contributed by atoms with Gasteiger partial charge in [-0.25, -0.2) is 0 Å². The SMILES string of the molecule is Cc1cc(COc2ccc3ccccc3c2)nn1C. The molecule has 0 saturated heterocycles. The number of nitrogens with zero attached hydrogens (tertiary/aromatic N) is 2. The summed E-state index contributed by atoms with van der Waals surface area (Å²) in [6.07, 6.45) is 0. The van der Waals surface area contributed by atoms with E-state index in [1.165, 1.54) is 10.8 Å². The van der Waals surface area contributed by atoms with Crippen LogP contribution in [-0.2, 0) is 13.7 Å². The van der Waals surface area contributed by atoms with Crippen molar-refractivity contribution >= 4 is 10.8 Å². The minimum absolute atomic E-state index is 0.500. The quantitative estimate of drug-likeness (QED) is 0.713. The highest BCUT2D eigenvalue weighted by Crippen LogP contribution is 2.21. The highest BCUT2D eigenvalue weighted by atomic mass is 16.5. The fourth-order valence-electron chi connectivity index (χ4n) is 2.12. The summed E-state index contributed by atoms with van der Waals surface area (Å²) >= 11 is 0. The molecular weight excluding hydrogens is 236 g/mol. The van der Waals surface area contributed by atoms with Crippen molar-refractivity contribution < 1.29 is 4.74 Å². The van der Waals surface area contributed by atoms with Gasteiger partial charge in [-0.1, -0.05) is 30.3 Å². The van der Waals surface area contributed by atoms with Gasteiger partial charge < -0.3 is 4.74 Å². The molecule has 1 aromatic heterocycles. The maximum Gasteiger partial charge on any atom is 0.132 e. The molecule has 3 heteroatoms. The number of aryl methyl sites for hydroxylation is 2. The Balaban J connectivity index is 1.78. The predicted octanol–water partition coefficient (Wildman–Crippen LogP) is 3.46. The molecule has 0 unspecified atom stereocenters. The Morgan fingerprint density at radius 2 is 1.84 bits per heavy atom. The lowest BCUT2D eigenvalue weighted by Gasteiger charge is -2.05. The summed E-state index contributed by atoms with van der Waals surface area (Å²) in [6.45, 7) is 2.53. The van der Waals surface area contributed by atoms with E-state index < -0.39 is 0 Å². The zero-order valence-corrected chi connectivity index (χ0v) is 11.1.